The van der Waals surface area contributed by atoms with E-state index in [2.05, 4.69) is 9.97 Å². The van der Waals surface area contributed by atoms with Crippen molar-refractivity contribution in [3.63, 3.8) is 0 Å². The van der Waals surface area contributed by atoms with Crippen molar-refractivity contribution in [2.24, 2.45) is 5.73 Å². The Morgan fingerprint density at radius 2 is 2.33 bits per heavy atom. The van der Waals surface area contributed by atoms with E-state index in [1.807, 2.05) is 12.1 Å². The Kier molecular flexibility index (Phi) is 1.79. The number of fused-ring (bicyclic) bond motifs is 1. The fourth-order valence-electron chi connectivity index (χ4n) is 2.00. The molecule has 0 saturated heterocycles. The third kappa shape index (κ3) is 1.51. The molecule has 0 bridgehead atoms. The normalized spacial score (nSPS) is 19.0. The molecule has 1 saturated carbocycles. The molecule has 0 amide bonds. The summed E-state index contributed by atoms with van der Waals surface area (Å²) in [4.78, 5) is 8.45. The molecular formula is C11H13N3O. The van der Waals surface area contributed by atoms with E-state index in [0.29, 0.717) is 11.5 Å². The minimum Gasteiger partial charge on any atom is -0.439 e. The van der Waals surface area contributed by atoms with Gasteiger partial charge in [0.05, 0.1) is 0 Å². The monoisotopic (exact) mass is 203 g/mol. The molecule has 0 aliphatic heterocycles. The number of aromatic nitrogens is 2. The lowest BCUT2D eigenvalue weighted by Crippen LogP contribution is -2.48. The Labute approximate surface area is 87.5 Å². The smallest absolute Gasteiger partial charge is 0.198 e. The molecule has 1 aliphatic rings. The molecular weight excluding hydrogens is 190 g/mol. The van der Waals surface area contributed by atoms with Gasteiger partial charge in [0.15, 0.2) is 17.1 Å². The molecule has 0 unspecified atom stereocenters. The number of nitrogens with two attached hydrogens (primary N) is 1. The van der Waals surface area contributed by atoms with Crippen LogP contribution in [-0.2, 0) is 6.42 Å². The van der Waals surface area contributed by atoms with Crippen molar-refractivity contribution in [2.45, 2.75) is 31.2 Å². The molecule has 3 rings (SSSR count). The van der Waals surface area contributed by atoms with E-state index < -0.39 is 0 Å². The van der Waals surface area contributed by atoms with Crippen molar-refractivity contribution in [2.75, 3.05) is 0 Å². The number of rotatable bonds is 2. The molecule has 1 aliphatic carbocycles. The Morgan fingerprint density at radius 1 is 1.47 bits per heavy atom. The van der Waals surface area contributed by atoms with Gasteiger partial charge in [-0.05, 0) is 31.4 Å². The summed E-state index contributed by atoms with van der Waals surface area (Å²) in [6, 6.07) is 3.72. The van der Waals surface area contributed by atoms with E-state index in [1.54, 1.807) is 6.20 Å². The molecule has 15 heavy (non-hydrogen) atoms. The summed E-state index contributed by atoms with van der Waals surface area (Å²) in [7, 11) is 0. The summed E-state index contributed by atoms with van der Waals surface area (Å²) < 4.78 is 5.59. The van der Waals surface area contributed by atoms with Gasteiger partial charge in [-0.1, -0.05) is 0 Å². The first-order valence-corrected chi connectivity index (χ1v) is 5.25. The van der Waals surface area contributed by atoms with E-state index in [9.17, 15) is 0 Å². The Morgan fingerprint density at radius 3 is 3.00 bits per heavy atom. The highest BCUT2D eigenvalue weighted by Gasteiger charge is 2.34. The van der Waals surface area contributed by atoms with Crippen molar-refractivity contribution in [3.05, 3.63) is 24.2 Å². The molecule has 2 aromatic rings. The molecule has 0 atom stereocenters. The number of hydrogen-bond donors (Lipinski definition) is 1. The molecule has 78 valence electrons. The predicted octanol–water partition coefficient (Wildman–Crippen LogP) is 1.65. The van der Waals surface area contributed by atoms with Gasteiger partial charge in [0.25, 0.3) is 0 Å². The van der Waals surface area contributed by atoms with Crippen LogP contribution in [0.4, 0.5) is 0 Å². The quantitative estimate of drug-likeness (QED) is 0.805. The van der Waals surface area contributed by atoms with Crippen LogP contribution in [0.15, 0.2) is 22.7 Å². The first-order chi connectivity index (χ1) is 7.25. The molecule has 4 heteroatoms. The van der Waals surface area contributed by atoms with Crippen LogP contribution in [0.1, 0.15) is 25.2 Å². The first-order valence-electron chi connectivity index (χ1n) is 5.25. The zero-order valence-corrected chi connectivity index (χ0v) is 8.44. The third-order valence-corrected chi connectivity index (χ3v) is 3.06. The largest absolute Gasteiger partial charge is 0.439 e. The summed E-state index contributed by atoms with van der Waals surface area (Å²) in [6.07, 6.45) is 5.80. The van der Waals surface area contributed by atoms with Crippen LogP contribution in [0.5, 0.6) is 0 Å². The maximum absolute atomic E-state index is 6.14. The number of nitrogens with zero attached hydrogens (tertiary/aromatic N) is 2. The summed E-state index contributed by atoms with van der Waals surface area (Å²) in [5, 5.41) is 0. The van der Waals surface area contributed by atoms with E-state index in [-0.39, 0.29) is 5.54 Å². The molecule has 2 aromatic heterocycles. The van der Waals surface area contributed by atoms with Gasteiger partial charge in [-0.15, -0.1) is 0 Å². The maximum Gasteiger partial charge on any atom is 0.198 e. The van der Waals surface area contributed by atoms with Crippen LogP contribution >= 0.6 is 0 Å². The summed E-state index contributed by atoms with van der Waals surface area (Å²) in [6.45, 7) is 0. The number of hydrogen-bond acceptors (Lipinski definition) is 4. The van der Waals surface area contributed by atoms with Crippen molar-refractivity contribution in [1.82, 2.24) is 9.97 Å². The highest BCUT2D eigenvalue weighted by atomic mass is 16.3. The van der Waals surface area contributed by atoms with E-state index in [1.165, 1.54) is 6.42 Å². The van der Waals surface area contributed by atoms with Gasteiger partial charge in [-0.25, -0.2) is 4.98 Å². The van der Waals surface area contributed by atoms with E-state index >= 15 is 0 Å². The van der Waals surface area contributed by atoms with Gasteiger partial charge in [0, 0.05) is 18.2 Å². The highest BCUT2D eigenvalue weighted by Crippen LogP contribution is 2.32. The lowest BCUT2D eigenvalue weighted by Gasteiger charge is -2.36. The zero-order valence-electron chi connectivity index (χ0n) is 8.44. The molecule has 0 radical (unpaired) electrons. The lowest BCUT2D eigenvalue weighted by molar-refractivity contribution is 0.232. The minimum absolute atomic E-state index is 0.0825. The SMILES string of the molecule is NC1(Cc2nc3ncccc3o2)CCC1. The Bertz CT molecular complexity index is 454. The first kappa shape index (κ1) is 8.85. The second kappa shape index (κ2) is 3.03. The summed E-state index contributed by atoms with van der Waals surface area (Å²) >= 11 is 0. The van der Waals surface area contributed by atoms with Crippen molar-refractivity contribution in [3.8, 4) is 0 Å². The number of oxazole rings is 1. The molecule has 0 aromatic carbocycles. The molecule has 4 nitrogen and oxygen atoms in total. The van der Waals surface area contributed by atoms with Crippen LogP contribution in [-0.4, -0.2) is 15.5 Å². The van der Waals surface area contributed by atoms with Gasteiger partial charge in [-0.3, -0.25) is 0 Å². The molecule has 0 spiro atoms. The van der Waals surface area contributed by atoms with Gasteiger partial charge in [0.2, 0.25) is 0 Å². The van der Waals surface area contributed by atoms with Crippen LogP contribution in [0, 0.1) is 0 Å². The van der Waals surface area contributed by atoms with E-state index in [4.69, 9.17) is 10.2 Å². The average molecular weight is 203 g/mol. The average Bonchev–Trinajstić information content (AvgIpc) is 2.57. The Hall–Kier alpha value is -1.42. The second-order valence-corrected chi connectivity index (χ2v) is 4.33. The minimum atomic E-state index is -0.0825. The third-order valence-electron chi connectivity index (χ3n) is 3.06. The molecule has 2 heterocycles. The second-order valence-electron chi connectivity index (χ2n) is 4.33. The van der Waals surface area contributed by atoms with Crippen molar-refractivity contribution < 1.29 is 4.42 Å². The van der Waals surface area contributed by atoms with Gasteiger partial charge in [-0.2, -0.15) is 4.98 Å². The fourth-order valence-corrected chi connectivity index (χ4v) is 2.00. The van der Waals surface area contributed by atoms with Gasteiger partial charge < -0.3 is 10.2 Å². The standard InChI is InChI=1S/C11H13N3O/c12-11(4-2-5-11)7-9-14-10-8(15-9)3-1-6-13-10/h1,3,6H,2,4-5,7,12H2. The van der Waals surface area contributed by atoms with Crippen LogP contribution in [0.3, 0.4) is 0 Å². The zero-order chi connectivity index (χ0) is 10.3. The van der Waals surface area contributed by atoms with E-state index in [0.717, 1.165) is 24.8 Å². The summed E-state index contributed by atoms with van der Waals surface area (Å²) in [5.74, 6) is 0.714. The lowest BCUT2D eigenvalue weighted by atomic mass is 9.75. The van der Waals surface area contributed by atoms with Crippen LogP contribution in [0.25, 0.3) is 11.2 Å². The highest BCUT2D eigenvalue weighted by molar-refractivity contribution is 5.66. The molecule has 1 fully saturated rings. The van der Waals surface area contributed by atoms with Gasteiger partial charge >= 0.3 is 0 Å². The Balaban J connectivity index is 1.91. The van der Waals surface area contributed by atoms with Crippen molar-refractivity contribution in [1.29, 1.82) is 0 Å². The predicted molar refractivity (Wildman–Crippen MR) is 56.3 cm³/mol. The molecule has 2 N–H and O–H groups in total. The maximum atomic E-state index is 6.14. The fraction of sp³-hybridized carbons (Fsp3) is 0.455. The van der Waals surface area contributed by atoms with Crippen LogP contribution in [0.2, 0.25) is 0 Å². The topological polar surface area (TPSA) is 64.9 Å². The van der Waals surface area contributed by atoms with Crippen molar-refractivity contribution >= 4 is 11.2 Å². The van der Waals surface area contributed by atoms with Crippen LogP contribution < -0.4 is 5.73 Å². The summed E-state index contributed by atoms with van der Waals surface area (Å²) in [5.41, 5.74) is 7.48. The number of pyridine rings is 1. The van der Waals surface area contributed by atoms with Gasteiger partial charge in [0.1, 0.15) is 0 Å².